The summed E-state index contributed by atoms with van der Waals surface area (Å²) >= 11 is 9.24. The second-order valence-electron chi connectivity index (χ2n) is 4.54. The van der Waals surface area contributed by atoms with E-state index in [0.29, 0.717) is 34.9 Å². The smallest absolute Gasteiger partial charge is 0.263 e. The van der Waals surface area contributed by atoms with Gasteiger partial charge in [-0.05, 0) is 30.3 Å². The van der Waals surface area contributed by atoms with Gasteiger partial charge in [-0.1, -0.05) is 27.5 Å². The molecule has 1 aliphatic heterocycles. The Morgan fingerprint density at radius 3 is 2.50 bits per heavy atom. The molecule has 0 saturated carbocycles. The number of hydrogen-bond donors (Lipinski definition) is 1. The molecule has 1 N–H and O–H groups in total. The van der Waals surface area contributed by atoms with E-state index < -0.39 is 10.0 Å². The first-order valence-electron chi connectivity index (χ1n) is 6.33. The summed E-state index contributed by atoms with van der Waals surface area (Å²) < 4.78 is 38.9. The summed E-state index contributed by atoms with van der Waals surface area (Å²) in [5.74, 6) is 1.10. The van der Waals surface area contributed by atoms with Gasteiger partial charge in [0.2, 0.25) is 0 Å². The summed E-state index contributed by atoms with van der Waals surface area (Å²) in [7, 11) is -3.79. The van der Waals surface area contributed by atoms with Crippen LogP contribution in [-0.2, 0) is 10.0 Å². The van der Waals surface area contributed by atoms with E-state index in [2.05, 4.69) is 20.7 Å². The van der Waals surface area contributed by atoms with Gasteiger partial charge in [0.05, 0.1) is 10.7 Å². The second kappa shape index (κ2) is 5.98. The molecule has 2 aromatic carbocycles. The number of benzene rings is 2. The minimum absolute atomic E-state index is 0.00672. The Bertz CT molecular complexity index is 826. The lowest BCUT2D eigenvalue weighted by molar-refractivity contribution is 0.171. The molecule has 0 atom stereocenters. The van der Waals surface area contributed by atoms with E-state index in [0.717, 1.165) is 0 Å². The molecule has 0 spiro atoms. The molecule has 0 radical (unpaired) electrons. The van der Waals surface area contributed by atoms with Gasteiger partial charge < -0.3 is 9.47 Å². The lowest BCUT2D eigenvalue weighted by Crippen LogP contribution is -2.17. The normalized spacial score (nSPS) is 13.7. The van der Waals surface area contributed by atoms with Gasteiger partial charge in [0.15, 0.2) is 11.5 Å². The summed E-state index contributed by atoms with van der Waals surface area (Å²) in [6.07, 6.45) is 0. The summed E-state index contributed by atoms with van der Waals surface area (Å²) in [5.41, 5.74) is 0.378. The first kappa shape index (κ1) is 15.5. The van der Waals surface area contributed by atoms with E-state index >= 15 is 0 Å². The maximum Gasteiger partial charge on any atom is 0.263 e. The number of nitrogens with one attached hydrogen (secondary N) is 1. The molecule has 5 nitrogen and oxygen atoms in total. The third kappa shape index (κ3) is 3.16. The molecule has 22 heavy (non-hydrogen) atoms. The zero-order chi connectivity index (χ0) is 15.7. The maximum atomic E-state index is 12.4. The van der Waals surface area contributed by atoms with Gasteiger partial charge in [0.1, 0.15) is 18.1 Å². The van der Waals surface area contributed by atoms with Crippen LogP contribution in [0.4, 0.5) is 5.69 Å². The number of anilines is 1. The van der Waals surface area contributed by atoms with Crippen molar-refractivity contribution in [3.8, 4) is 11.5 Å². The van der Waals surface area contributed by atoms with E-state index in [1.165, 1.54) is 12.1 Å². The molecule has 0 bridgehead atoms. The van der Waals surface area contributed by atoms with Crippen LogP contribution in [0.3, 0.4) is 0 Å². The lowest BCUT2D eigenvalue weighted by atomic mass is 10.3. The zero-order valence-corrected chi connectivity index (χ0v) is 14.3. The van der Waals surface area contributed by atoms with Gasteiger partial charge in [-0.3, -0.25) is 4.72 Å². The summed E-state index contributed by atoms with van der Waals surface area (Å²) in [6, 6.07) is 9.43. The zero-order valence-electron chi connectivity index (χ0n) is 11.2. The van der Waals surface area contributed by atoms with Crippen LogP contribution < -0.4 is 14.2 Å². The SMILES string of the molecule is O=S(=O)(Nc1ccc2c(c1)OCCO2)c1ccc(Br)cc1Cl. The Morgan fingerprint density at radius 1 is 1.05 bits per heavy atom. The molecular formula is C14H11BrClNO4S. The Labute approximate surface area is 141 Å². The highest BCUT2D eigenvalue weighted by molar-refractivity contribution is 9.10. The van der Waals surface area contributed by atoms with Gasteiger partial charge in [-0.15, -0.1) is 0 Å². The molecule has 3 rings (SSSR count). The van der Waals surface area contributed by atoms with Crippen molar-refractivity contribution >= 4 is 43.2 Å². The van der Waals surface area contributed by atoms with Crippen LogP contribution in [-0.4, -0.2) is 21.6 Å². The van der Waals surface area contributed by atoms with Crippen LogP contribution in [0.1, 0.15) is 0 Å². The van der Waals surface area contributed by atoms with Crippen LogP contribution >= 0.6 is 27.5 Å². The molecule has 0 saturated heterocycles. The van der Waals surface area contributed by atoms with Gasteiger partial charge in [0.25, 0.3) is 10.0 Å². The van der Waals surface area contributed by atoms with Gasteiger partial charge in [-0.2, -0.15) is 0 Å². The fourth-order valence-corrected chi connectivity index (χ4v) is 4.10. The van der Waals surface area contributed by atoms with Crippen molar-refractivity contribution in [2.45, 2.75) is 4.90 Å². The largest absolute Gasteiger partial charge is 0.486 e. The fraction of sp³-hybridized carbons (Fsp3) is 0.143. The third-order valence-electron chi connectivity index (χ3n) is 2.98. The lowest BCUT2D eigenvalue weighted by Gasteiger charge is -2.19. The van der Waals surface area contributed by atoms with E-state index in [9.17, 15) is 8.42 Å². The second-order valence-corrected chi connectivity index (χ2v) is 7.51. The van der Waals surface area contributed by atoms with E-state index in [4.69, 9.17) is 21.1 Å². The molecule has 0 aromatic heterocycles. The fourth-order valence-electron chi connectivity index (χ4n) is 2.01. The first-order valence-corrected chi connectivity index (χ1v) is 8.99. The standard InChI is InChI=1S/C14H11BrClNO4S/c15-9-1-4-14(11(16)7-9)22(18,19)17-10-2-3-12-13(8-10)21-6-5-20-12/h1-4,7-8,17H,5-6H2. The van der Waals surface area contributed by atoms with Crippen LogP contribution in [0.15, 0.2) is 45.8 Å². The number of halogens is 2. The van der Waals surface area contributed by atoms with Crippen LogP contribution in [0.2, 0.25) is 5.02 Å². The Hall–Kier alpha value is -1.44. The monoisotopic (exact) mass is 403 g/mol. The number of ether oxygens (including phenoxy) is 2. The molecule has 116 valence electrons. The minimum Gasteiger partial charge on any atom is -0.486 e. The van der Waals surface area contributed by atoms with Crippen LogP contribution in [0.25, 0.3) is 0 Å². The third-order valence-corrected chi connectivity index (χ3v) is 5.34. The molecular weight excluding hydrogens is 394 g/mol. The van der Waals surface area contributed by atoms with E-state index in [-0.39, 0.29) is 9.92 Å². The average molecular weight is 405 g/mol. The number of sulfonamides is 1. The number of hydrogen-bond acceptors (Lipinski definition) is 4. The van der Waals surface area contributed by atoms with Gasteiger partial charge >= 0.3 is 0 Å². The van der Waals surface area contributed by atoms with Crippen LogP contribution in [0, 0.1) is 0 Å². The number of fused-ring (bicyclic) bond motifs is 1. The van der Waals surface area contributed by atoms with Crippen molar-refractivity contribution in [2.24, 2.45) is 0 Å². The molecule has 1 aliphatic rings. The minimum atomic E-state index is -3.79. The molecule has 0 aliphatic carbocycles. The van der Waals surface area contributed by atoms with Crippen molar-refractivity contribution in [3.63, 3.8) is 0 Å². The molecule has 0 amide bonds. The quantitative estimate of drug-likeness (QED) is 0.847. The highest BCUT2D eigenvalue weighted by Crippen LogP contribution is 2.34. The summed E-state index contributed by atoms with van der Waals surface area (Å²) in [4.78, 5) is 0.00672. The predicted octanol–water partition coefficient (Wildman–Crippen LogP) is 3.67. The summed E-state index contributed by atoms with van der Waals surface area (Å²) in [6.45, 7) is 0.911. The Kier molecular flexibility index (Phi) is 4.20. The highest BCUT2D eigenvalue weighted by atomic mass is 79.9. The predicted molar refractivity (Wildman–Crippen MR) is 87.4 cm³/mol. The van der Waals surface area contributed by atoms with Crippen molar-refractivity contribution < 1.29 is 17.9 Å². The number of rotatable bonds is 3. The maximum absolute atomic E-state index is 12.4. The highest BCUT2D eigenvalue weighted by Gasteiger charge is 2.20. The molecule has 2 aromatic rings. The average Bonchev–Trinajstić information content (AvgIpc) is 2.46. The van der Waals surface area contributed by atoms with Crippen molar-refractivity contribution in [2.75, 3.05) is 17.9 Å². The van der Waals surface area contributed by atoms with Gasteiger partial charge in [-0.25, -0.2) is 8.42 Å². The Morgan fingerprint density at radius 2 is 1.77 bits per heavy atom. The topological polar surface area (TPSA) is 64.6 Å². The first-order chi connectivity index (χ1) is 10.5. The Balaban J connectivity index is 1.91. The van der Waals surface area contributed by atoms with Crippen LogP contribution in [0.5, 0.6) is 11.5 Å². The van der Waals surface area contributed by atoms with Crippen molar-refractivity contribution in [1.82, 2.24) is 0 Å². The van der Waals surface area contributed by atoms with E-state index in [1.807, 2.05) is 0 Å². The van der Waals surface area contributed by atoms with Crippen molar-refractivity contribution in [1.29, 1.82) is 0 Å². The van der Waals surface area contributed by atoms with Gasteiger partial charge in [0, 0.05) is 10.5 Å². The molecule has 8 heteroatoms. The van der Waals surface area contributed by atoms with E-state index in [1.54, 1.807) is 24.3 Å². The van der Waals surface area contributed by atoms with Crippen molar-refractivity contribution in [3.05, 3.63) is 45.9 Å². The summed E-state index contributed by atoms with van der Waals surface area (Å²) in [5, 5.41) is 0.138. The molecule has 0 unspecified atom stereocenters. The molecule has 1 heterocycles. The molecule has 0 fully saturated rings.